The smallest absolute Gasteiger partial charge is 0.303 e. The fourth-order valence-corrected chi connectivity index (χ4v) is 10.5. The summed E-state index contributed by atoms with van der Waals surface area (Å²) in [5.41, 5.74) is 8.03. The molecule has 3 aliphatic heterocycles. The molecule has 2 aromatic heterocycles. The predicted molar refractivity (Wildman–Crippen MR) is 213 cm³/mol. The number of carbonyl (C=O) groups is 2. The number of rotatable bonds is 8. The summed E-state index contributed by atoms with van der Waals surface area (Å²) in [7, 11) is 2.62. The molecule has 4 fully saturated rings. The summed E-state index contributed by atoms with van der Waals surface area (Å²) >= 11 is 0. The Morgan fingerprint density at radius 3 is 2.31 bits per heavy atom. The van der Waals surface area contributed by atoms with E-state index in [2.05, 4.69) is 49.0 Å². The summed E-state index contributed by atoms with van der Waals surface area (Å²) in [5, 5.41) is 6.05. The van der Waals surface area contributed by atoms with Crippen molar-refractivity contribution in [1.82, 2.24) is 33.2 Å². The third kappa shape index (κ3) is 6.19. The van der Waals surface area contributed by atoms with Gasteiger partial charge in [0.1, 0.15) is 5.75 Å². The van der Waals surface area contributed by atoms with E-state index in [0.29, 0.717) is 18.0 Å². The zero-order valence-electron chi connectivity index (χ0n) is 32.3. The Labute approximate surface area is 323 Å². The summed E-state index contributed by atoms with van der Waals surface area (Å²) in [6, 6.07) is 12.4. The van der Waals surface area contributed by atoms with E-state index in [1.807, 2.05) is 24.4 Å². The van der Waals surface area contributed by atoms with Crippen LogP contribution in [-0.4, -0.2) is 102 Å². The molecule has 55 heavy (non-hydrogen) atoms. The molecule has 12 nitrogen and oxygen atoms in total. The van der Waals surface area contributed by atoms with Gasteiger partial charge in [0, 0.05) is 61.3 Å². The topological polar surface area (TPSA) is 122 Å². The van der Waals surface area contributed by atoms with Crippen molar-refractivity contribution in [3.05, 3.63) is 70.5 Å². The van der Waals surface area contributed by atoms with Gasteiger partial charge >= 0.3 is 10.2 Å². The Kier molecular flexibility index (Phi) is 9.17. The summed E-state index contributed by atoms with van der Waals surface area (Å²) < 4.78 is 38.9. The number of piperazine rings is 1. The first-order chi connectivity index (χ1) is 26.5. The second-order valence-corrected chi connectivity index (χ2v) is 18.4. The van der Waals surface area contributed by atoms with Crippen LogP contribution in [0.5, 0.6) is 5.75 Å². The Bertz CT molecular complexity index is 2320. The zero-order chi connectivity index (χ0) is 38.2. The van der Waals surface area contributed by atoms with E-state index in [-0.39, 0.29) is 29.6 Å². The minimum absolute atomic E-state index is 0.0544. The molecule has 4 aromatic rings. The van der Waals surface area contributed by atoms with Gasteiger partial charge in [0.05, 0.1) is 42.8 Å². The molecular weight excluding hydrogens is 715 g/mol. The van der Waals surface area contributed by atoms with Gasteiger partial charge in [0.2, 0.25) is 0 Å². The third-order valence-electron chi connectivity index (χ3n) is 12.9. The predicted octanol–water partition coefficient (Wildman–Crippen LogP) is 6.30. The molecule has 0 radical (unpaired) electrons. The molecule has 0 spiro atoms. The average Bonchev–Trinajstić information content (AvgIpc) is 3.76. The van der Waals surface area contributed by atoms with E-state index in [9.17, 15) is 18.0 Å². The maximum absolute atomic E-state index is 14.9. The average molecular weight is 766 g/mol. The maximum Gasteiger partial charge on any atom is 0.303 e. The van der Waals surface area contributed by atoms with Gasteiger partial charge in [-0.05, 0) is 111 Å². The van der Waals surface area contributed by atoms with Crippen LogP contribution in [0.25, 0.3) is 33.8 Å². The van der Waals surface area contributed by atoms with Gasteiger partial charge in [0.15, 0.2) is 0 Å². The Hall–Kier alpha value is -4.46. The fourth-order valence-electron chi connectivity index (χ4n) is 9.93. The molecule has 5 aliphatic rings. The van der Waals surface area contributed by atoms with Crippen molar-refractivity contribution in [3.63, 3.8) is 0 Å². The first kappa shape index (κ1) is 36.2. The minimum atomic E-state index is -4.00. The molecule has 13 heteroatoms. The van der Waals surface area contributed by atoms with E-state index in [1.165, 1.54) is 26.1 Å². The van der Waals surface area contributed by atoms with E-state index < -0.39 is 16.1 Å². The molecule has 2 saturated heterocycles. The summed E-state index contributed by atoms with van der Waals surface area (Å²) in [4.78, 5) is 32.9. The first-order valence-electron chi connectivity index (χ1n) is 19.9. The largest absolute Gasteiger partial charge is 0.497 e. The van der Waals surface area contributed by atoms with Gasteiger partial charge in [-0.25, -0.2) is 4.72 Å². The van der Waals surface area contributed by atoms with E-state index in [0.717, 1.165) is 120 Å². The fraction of sp³-hybridized carbons (Fsp3) is 0.500. The molecule has 2 aliphatic carbocycles. The van der Waals surface area contributed by atoms with Crippen molar-refractivity contribution in [2.45, 2.75) is 94.8 Å². The molecule has 2 bridgehead atoms. The van der Waals surface area contributed by atoms with Gasteiger partial charge in [0.25, 0.3) is 11.8 Å². The monoisotopic (exact) mass is 765 g/mol. The Morgan fingerprint density at radius 2 is 1.64 bits per heavy atom. The number of benzene rings is 2. The minimum Gasteiger partial charge on any atom is -0.497 e. The van der Waals surface area contributed by atoms with Crippen molar-refractivity contribution in [3.8, 4) is 17.0 Å². The van der Waals surface area contributed by atoms with Gasteiger partial charge in [-0.2, -0.15) is 17.8 Å². The second kappa shape index (κ2) is 13.9. The van der Waals surface area contributed by atoms with Crippen LogP contribution in [0.2, 0.25) is 0 Å². The lowest BCUT2D eigenvalue weighted by atomic mass is 9.81. The highest BCUT2D eigenvalue weighted by Crippen LogP contribution is 2.49. The Morgan fingerprint density at radius 1 is 0.891 bits per heavy atom. The standard InChI is InChI=1S/C42H51N7O5S/c1-45(2)55(52,53)44-41(50)27-13-17-35-37(21-27)47-23-29(19-28-20-33(54-4)16-18-34(28)40(47)38(35)26-9-6-5-7-10-26)39-36(22-43-49(39)30-11-8-12-30)42(51)48-31-14-15-32(48)25-46(3)24-31/h13,16-22,26,30-32H,5-12,14-15,23-25H2,1-4H3,(H,44,50). The zero-order valence-corrected chi connectivity index (χ0v) is 33.1. The van der Waals surface area contributed by atoms with Crippen molar-refractivity contribution >= 4 is 44.6 Å². The number of likely N-dealkylation sites (N-methyl/N-ethyl adjacent to an activating group) is 1. The van der Waals surface area contributed by atoms with Crippen molar-refractivity contribution in [2.75, 3.05) is 41.3 Å². The van der Waals surface area contributed by atoms with Crippen LogP contribution in [0.4, 0.5) is 0 Å². The molecule has 1 N–H and O–H groups in total. The lowest BCUT2D eigenvalue weighted by molar-refractivity contribution is 0.0472. The van der Waals surface area contributed by atoms with Crippen molar-refractivity contribution in [2.24, 2.45) is 0 Å². The van der Waals surface area contributed by atoms with Crippen LogP contribution < -0.4 is 9.46 Å². The molecule has 2 saturated carbocycles. The number of hydrogen-bond acceptors (Lipinski definition) is 7. The molecule has 2 amide bonds. The highest BCUT2D eigenvalue weighted by Gasteiger charge is 2.43. The molecule has 2 unspecified atom stereocenters. The molecular formula is C42H51N7O5S. The normalized spacial score (nSPS) is 21.9. The number of aromatic nitrogens is 3. The number of nitrogens with zero attached hydrogens (tertiary/aromatic N) is 6. The highest BCUT2D eigenvalue weighted by atomic mass is 32.2. The van der Waals surface area contributed by atoms with E-state index in [1.54, 1.807) is 13.2 Å². The van der Waals surface area contributed by atoms with Crippen molar-refractivity contribution < 1.29 is 22.7 Å². The molecule has 9 rings (SSSR count). The Balaban J connectivity index is 1.25. The van der Waals surface area contributed by atoms with Gasteiger partial charge in [-0.15, -0.1) is 0 Å². The number of amides is 2. The second-order valence-electron chi connectivity index (χ2n) is 16.5. The van der Waals surface area contributed by atoms with Crippen LogP contribution in [0.15, 0.2) is 42.6 Å². The number of hydrogen-bond donors (Lipinski definition) is 1. The number of likely N-dealkylation sites (tertiary alicyclic amines) is 1. The lowest BCUT2D eigenvalue weighted by Gasteiger charge is -2.39. The SMILES string of the molecule is COc1ccc2c(c1)C=C(c1c(C(=O)N3C4CCC3CN(C)C4)cnn1C1CCC1)Cn1c-2c(C2CCCCC2)c2ccc(C(=O)NS(=O)(=O)N(C)C)cc21. The van der Waals surface area contributed by atoms with E-state index in [4.69, 9.17) is 9.84 Å². The molecule has 2 aromatic carbocycles. The summed E-state index contributed by atoms with van der Waals surface area (Å²) in [6.07, 6.45) is 14.9. The van der Waals surface area contributed by atoms with Crippen LogP contribution in [0, 0.1) is 0 Å². The number of carbonyl (C=O) groups excluding carboxylic acids is 2. The van der Waals surface area contributed by atoms with E-state index >= 15 is 0 Å². The number of ether oxygens (including phenoxy) is 1. The third-order valence-corrected chi connectivity index (χ3v) is 14.3. The molecule has 2 atom stereocenters. The van der Waals surface area contributed by atoms with Gasteiger partial charge in [-0.1, -0.05) is 25.3 Å². The highest BCUT2D eigenvalue weighted by molar-refractivity contribution is 7.87. The number of nitrogens with one attached hydrogen (secondary N) is 1. The van der Waals surface area contributed by atoms with Crippen LogP contribution in [0.3, 0.4) is 0 Å². The van der Waals surface area contributed by atoms with Crippen LogP contribution in [-0.2, 0) is 16.8 Å². The van der Waals surface area contributed by atoms with Crippen LogP contribution in [0.1, 0.15) is 114 Å². The lowest BCUT2D eigenvalue weighted by Crippen LogP contribution is -2.54. The molecule has 5 heterocycles. The quantitative estimate of drug-likeness (QED) is 0.224. The molecule has 290 valence electrons. The number of allylic oxidation sites excluding steroid dienone is 1. The van der Waals surface area contributed by atoms with Crippen LogP contribution >= 0.6 is 0 Å². The van der Waals surface area contributed by atoms with Gasteiger partial charge < -0.3 is 19.1 Å². The van der Waals surface area contributed by atoms with Gasteiger partial charge in [-0.3, -0.25) is 14.3 Å². The number of methoxy groups -OCH3 is 1. The maximum atomic E-state index is 14.9. The first-order valence-corrected chi connectivity index (χ1v) is 21.3. The summed E-state index contributed by atoms with van der Waals surface area (Å²) in [6.45, 7) is 2.18. The summed E-state index contributed by atoms with van der Waals surface area (Å²) in [5.74, 6) is 0.441. The van der Waals surface area contributed by atoms with Crippen molar-refractivity contribution in [1.29, 1.82) is 0 Å². The number of fused-ring (bicyclic) bond motifs is 7.